The Morgan fingerprint density at radius 2 is 1.08 bits per heavy atom. The van der Waals surface area contributed by atoms with E-state index < -0.39 is 11.9 Å². The Kier molecular flexibility index (Phi) is 20.0. The first-order chi connectivity index (χ1) is 34.5. The molecule has 3 heterocycles. The van der Waals surface area contributed by atoms with Gasteiger partial charge in [0, 0.05) is 25.2 Å². The first-order valence-corrected chi connectivity index (χ1v) is 27.9. The summed E-state index contributed by atoms with van der Waals surface area (Å²) in [5.74, 6) is 2.74. The maximum absolute atomic E-state index is 11.4. The standard InChI is InChI=1S/C34H50N2O3.C21H26O2.C7H13NO2/c1-34(2,3)30-11-14-31(15-12-30)39-32-13-10-28-20-25(8-9-29(28)21-32)22-36-18-4-6-26(24-36)23-35-17-5-7-27(16-19-35)33(37)38;1-21(2,3)18-7-10-19(11-8-18)23-20-9-6-16-12-15(14-22)4-5-17(16)13-20;9-7(10)6-2-1-4-8-5-3-6/h8-10,13,20-21,26-27,30-31H,4-7,11-12,14-19,22-24H2,1-3H3,(H,37,38);4-6,9,12-14,18-19H,7-8,10-11H2,1-3H3;6,8H,1-5H2,(H,9,10). The van der Waals surface area contributed by atoms with Crippen LogP contribution in [0, 0.1) is 40.4 Å². The second-order valence-corrected chi connectivity index (χ2v) is 24.4. The largest absolute Gasteiger partial charge is 0.490 e. The minimum absolute atomic E-state index is 0.102. The van der Waals surface area contributed by atoms with E-state index in [1.165, 1.54) is 61.4 Å². The van der Waals surface area contributed by atoms with Gasteiger partial charge in [0.05, 0.1) is 24.0 Å². The van der Waals surface area contributed by atoms with Crippen LogP contribution in [0.1, 0.15) is 160 Å². The van der Waals surface area contributed by atoms with Gasteiger partial charge in [-0.05, 0) is 228 Å². The van der Waals surface area contributed by atoms with Crippen LogP contribution < -0.4 is 14.8 Å². The molecule has 3 saturated heterocycles. The number of piperidine rings is 1. The molecule has 72 heavy (non-hydrogen) atoms. The van der Waals surface area contributed by atoms with Gasteiger partial charge >= 0.3 is 11.9 Å². The van der Waals surface area contributed by atoms with Crippen molar-refractivity contribution in [3.05, 3.63) is 83.9 Å². The highest BCUT2D eigenvalue weighted by Crippen LogP contribution is 2.40. The molecule has 0 aromatic heterocycles. The smallest absolute Gasteiger partial charge is 0.306 e. The summed E-state index contributed by atoms with van der Waals surface area (Å²) in [6.45, 7) is 22.4. The van der Waals surface area contributed by atoms with Gasteiger partial charge in [-0.15, -0.1) is 0 Å². The summed E-state index contributed by atoms with van der Waals surface area (Å²) >= 11 is 0. The highest BCUT2D eigenvalue weighted by molar-refractivity contribution is 5.89. The summed E-state index contributed by atoms with van der Waals surface area (Å²) < 4.78 is 12.6. The van der Waals surface area contributed by atoms with Crippen LogP contribution in [0.25, 0.3) is 21.5 Å². The Balaban J connectivity index is 0.000000193. The number of aliphatic carboxylic acids is 2. The second kappa shape index (κ2) is 26.1. The summed E-state index contributed by atoms with van der Waals surface area (Å²) in [6.07, 6.45) is 19.0. The number of likely N-dealkylation sites (tertiary alicyclic amines) is 2. The number of rotatable bonds is 11. The summed E-state index contributed by atoms with van der Waals surface area (Å²) in [6, 6.07) is 25.4. The molecule has 2 saturated carbocycles. The molecule has 0 bridgehead atoms. The van der Waals surface area contributed by atoms with E-state index in [9.17, 15) is 19.5 Å². The number of aldehydes is 1. The molecule has 0 spiro atoms. The van der Waals surface area contributed by atoms with Crippen LogP contribution >= 0.6 is 0 Å². The fraction of sp³-hybridized carbons (Fsp3) is 0.629. The van der Waals surface area contributed by atoms with E-state index in [0.29, 0.717) is 34.5 Å². The van der Waals surface area contributed by atoms with Crippen molar-refractivity contribution in [2.24, 2.45) is 40.4 Å². The number of benzene rings is 4. The average molecular weight is 988 g/mol. The lowest BCUT2D eigenvalue weighted by atomic mass is 9.72. The predicted molar refractivity (Wildman–Crippen MR) is 292 cm³/mol. The molecule has 3 atom stereocenters. The lowest BCUT2D eigenvalue weighted by Gasteiger charge is -2.37. The lowest BCUT2D eigenvalue weighted by molar-refractivity contribution is -0.143. The zero-order chi connectivity index (χ0) is 51.3. The summed E-state index contributed by atoms with van der Waals surface area (Å²) in [5.41, 5.74) is 2.91. The van der Waals surface area contributed by atoms with Gasteiger partial charge < -0.3 is 29.9 Å². The Bertz CT molecular complexity index is 2350. The number of carbonyl (C=O) groups excluding carboxylic acids is 1. The minimum Gasteiger partial charge on any atom is -0.490 e. The highest BCUT2D eigenvalue weighted by Gasteiger charge is 2.32. The Morgan fingerprint density at radius 3 is 1.67 bits per heavy atom. The van der Waals surface area contributed by atoms with Crippen molar-refractivity contribution in [1.82, 2.24) is 15.1 Å². The third-order valence-corrected chi connectivity index (χ3v) is 16.9. The van der Waals surface area contributed by atoms with Crippen LogP contribution in [0.2, 0.25) is 0 Å². The molecule has 3 N–H and O–H groups in total. The van der Waals surface area contributed by atoms with Crippen molar-refractivity contribution >= 4 is 39.8 Å². The molecule has 3 unspecified atom stereocenters. The van der Waals surface area contributed by atoms with Crippen molar-refractivity contribution in [3.63, 3.8) is 0 Å². The van der Waals surface area contributed by atoms with Gasteiger partial charge in [-0.1, -0.05) is 77.9 Å². The van der Waals surface area contributed by atoms with Gasteiger partial charge in [-0.3, -0.25) is 19.3 Å². The van der Waals surface area contributed by atoms with Gasteiger partial charge in [-0.25, -0.2) is 0 Å². The monoisotopic (exact) mass is 988 g/mol. The van der Waals surface area contributed by atoms with E-state index >= 15 is 0 Å². The molecule has 5 aliphatic rings. The van der Waals surface area contributed by atoms with Crippen LogP contribution in [-0.4, -0.2) is 96.3 Å². The van der Waals surface area contributed by atoms with E-state index in [2.05, 4.69) is 99.1 Å². The van der Waals surface area contributed by atoms with Crippen LogP contribution in [0.4, 0.5) is 0 Å². The molecule has 4 aromatic rings. The zero-order valence-electron chi connectivity index (χ0n) is 44.8. The number of fused-ring (bicyclic) bond motifs is 2. The van der Waals surface area contributed by atoms with Gasteiger partial charge in [0.25, 0.3) is 0 Å². The first kappa shape index (κ1) is 55.2. The molecule has 0 amide bonds. The number of carboxylic acid groups (broad SMARTS) is 2. The average Bonchev–Trinajstić information content (AvgIpc) is 3.79. The number of nitrogens with one attached hydrogen (secondary N) is 1. The molecule has 5 fully saturated rings. The topological polar surface area (TPSA) is 129 Å². The maximum Gasteiger partial charge on any atom is 0.306 e. The highest BCUT2D eigenvalue weighted by atomic mass is 16.5. The number of hydrogen-bond acceptors (Lipinski definition) is 8. The molecule has 3 aliphatic heterocycles. The van der Waals surface area contributed by atoms with Crippen molar-refractivity contribution in [2.75, 3.05) is 45.8 Å². The number of ether oxygens (including phenoxy) is 2. The molecular formula is C62H89N3O7. The summed E-state index contributed by atoms with van der Waals surface area (Å²) in [4.78, 5) is 37.9. The Hall–Kier alpha value is -4.51. The quantitative estimate of drug-likeness (QED) is 0.125. The SMILES string of the molecule is CC(C)(C)C1CCC(Oc2ccc3cc(C=O)ccc3c2)CC1.CC(C)(C)C1CCC(Oc2ccc3cc(CN4CCCC(CN5CCCC(C(=O)O)CC5)C4)ccc3c2)CC1.O=C(O)C1CCCNCC1. The van der Waals surface area contributed by atoms with Crippen molar-refractivity contribution in [2.45, 2.75) is 163 Å². The molecule has 394 valence electrons. The third-order valence-electron chi connectivity index (χ3n) is 16.9. The van der Waals surface area contributed by atoms with Crippen LogP contribution in [-0.2, 0) is 16.1 Å². The molecule has 4 aromatic carbocycles. The minimum atomic E-state index is -0.635. The van der Waals surface area contributed by atoms with Gasteiger partial charge in [0.15, 0.2) is 0 Å². The van der Waals surface area contributed by atoms with Gasteiger partial charge in [0.1, 0.15) is 17.8 Å². The van der Waals surface area contributed by atoms with Crippen molar-refractivity contribution < 1.29 is 34.1 Å². The Morgan fingerprint density at radius 1 is 0.569 bits per heavy atom. The normalized spacial score (nSPS) is 25.9. The predicted octanol–water partition coefficient (Wildman–Crippen LogP) is 13.3. The van der Waals surface area contributed by atoms with Crippen LogP contribution in [0.3, 0.4) is 0 Å². The van der Waals surface area contributed by atoms with Crippen molar-refractivity contribution in [3.8, 4) is 11.5 Å². The first-order valence-electron chi connectivity index (χ1n) is 27.9. The van der Waals surface area contributed by atoms with Gasteiger partial charge in [-0.2, -0.15) is 0 Å². The van der Waals surface area contributed by atoms with Crippen molar-refractivity contribution in [1.29, 1.82) is 0 Å². The molecule has 10 nitrogen and oxygen atoms in total. The fourth-order valence-corrected chi connectivity index (χ4v) is 12.2. The number of nitrogens with zero attached hydrogens (tertiary/aromatic N) is 2. The van der Waals surface area contributed by atoms with Gasteiger partial charge in [0.2, 0.25) is 0 Å². The van der Waals surface area contributed by atoms with E-state index in [0.717, 1.165) is 150 Å². The third kappa shape index (κ3) is 16.8. The van der Waals surface area contributed by atoms with Crippen LogP contribution in [0.5, 0.6) is 11.5 Å². The van der Waals surface area contributed by atoms with Crippen LogP contribution in [0.15, 0.2) is 72.8 Å². The zero-order valence-corrected chi connectivity index (χ0v) is 44.8. The fourth-order valence-electron chi connectivity index (χ4n) is 12.2. The summed E-state index contributed by atoms with van der Waals surface area (Å²) in [5, 5.41) is 26.0. The van der Waals surface area contributed by atoms with E-state index in [4.69, 9.17) is 14.6 Å². The van der Waals surface area contributed by atoms with E-state index in [-0.39, 0.29) is 11.8 Å². The lowest BCUT2D eigenvalue weighted by Crippen LogP contribution is -2.41. The summed E-state index contributed by atoms with van der Waals surface area (Å²) in [7, 11) is 0. The number of carbonyl (C=O) groups is 3. The second-order valence-electron chi connectivity index (χ2n) is 24.4. The molecule has 0 radical (unpaired) electrons. The molecule has 2 aliphatic carbocycles. The maximum atomic E-state index is 11.4. The molecule has 10 heteroatoms. The molecular weight excluding hydrogens is 899 g/mol. The Labute approximate surface area is 432 Å². The number of hydrogen-bond donors (Lipinski definition) is 3. The van der Waals surface area contributed by atoms with E-state index in [1.807, 2.05) is 30.3 Å². The molecule has 9 rings (SSSR count). The number of carboxylic acids is 2. The van der Waals surface area contributed by atoms with E-state index in [1.54, 1.807) is 0 Å².